The van der Waals surface area contributed by atoms with Gasteiger partial charge in [-0.1, -0.05) is 25.0 Å². The molecular formula is C18H19N3O4S. The molecule has 8 heteroatoms. The van der Waals surface area contributed by atoms with Crippen LogP contribution in [-0.4, -0.2) is 23.3 Å². The minimum Gasteiger partial charge on any atom is -0.347 e. The molecule has 1 fully saturated rings. The SMILES string of the molecule is O=C(NCC1(c2cccs2)CCCC1)C(=O)Nc1cccc([N+](=O)[O-])c1. The Bertz CT molecular complexity index is 814. The van der Waals surface area contributed by atoms with Crippen LogP contribution in [0.1, 0.15) is 30.6 Å². The van der Waals surface area contributed by atoms with Gasteiger partial charge < -0.3 is 10.6 Å². The van der Waals surface area contributed by atoms with Crippen LogP contribution in [0.4, 0.5) is 11.4 Å². The van der Waals surface area contributed by atoms with Gasteiger partial charge in [0.25, 0.3) is 5.69 Å². The molecule has 26 heavy (non-hydrogen) atoms. The fourth-order valence-corrected chi connectivity index (χ4v) is 4.34. The Morgan fingerprint density at radius 1 is 1.15 bits per heavy atom. The zero-order chi connectivity index (χ0) is 18.6. The summed E-state index contributed by atoms with van der Waals surface area (Å²) in [5.41, 5.74) is -0.0330. The first-order valence-corrected chi connectivity index (χ1v) is 9.26. The molecule has 3 rings (SSSR count). The molecule has 136 valence electrons. The van der Waals surface area contributed by atoms with Gasteiger partial charge in [0.05, 0.1) is 4.92 Å². The van der Waals surface area contributed by atoms with Crippen LogP contribution in [-0.2, 0) is 15.0 Å². The van der Waals surface area contributed by atoms with E-state index in [2.05, 4.69) is 16.7 Å². The number of hydrogen-bond donors (Lipinski definition) is 2. The third-order valence-electron chi connectivity index (χ3n) is 4.71. The molecule has 1 aliphatic rings. The first kappa shape index (κ1) is 18.1. The zero-order valence-electron chi connectivity index (χ0n) is 14.1. The number of nitro benzene ring substituents is 1. The van der Waals surface area contributed by atoms with Crippen LogP contribution in [0.5, 0.6) is 0 Å². The van der Waals surface area contributed by atoms with Gasteiger partial charge in [-0.25, -0.2) is 0 Å². The molecule has 1 aliphatic carbocycles. The molecule has 0 unspecified atom stereocenters. The first-order valence-electron chi connectivity index (χ1n) is 8.38. The van der Waals surface area contributed by atoms with E-state index in [4.69, 9.17) is 0 Å². The number of carbonyl (C=O) groups is 2. The summed E-state index contributed by atoms with van der Waals surface area (Å²) in [7, 11) is 0. The van der Waals surface area contributed by atoms with Gasteiger partial charge in [0, 0.05) is 34.7 Å². The van der Waals surface area contributed by atoms with E-state index >= 15 is 0 Å². The van der Waals surface area contributed by atoms with Crippen LogP contribution in [0, 0.1) is 10.1 Å². The molecule has 7 nitrogen and oxygen atoms in total. The lowest BCUT2D eigenvalue weighted by Gasteiger charge is -2.28. The molecule has 0 atom stereocenters. The number of carbonyl (C=O) groups excluding carboxylic acids is 2. The van der Waals surface area contributed by atoms with Gasteiger partial charge in [-0.05, 0) is 30.4 Å². The highest BCUT2D eigenvalue weighted by molar-refractivity contribution is 7.10. The molecule has 0 saturated heterocycles. The van der Waals surface area contributed by atoms with Crippen molar-refractivity contribution in [2.45, 2.75) is 31.1 Å². The summed E-state index contributed by atoms with van der Waals surface area (Å²) in [5, 5.41) is 17.9. The van der Waals surface area contributed by atoms with Gasteiger partial charge in [-0.15, -0.1) is 11.3 Å². The van der Waals surface area contributed by atoms with Crippen LogP contribution >= 0.6 is 11.3 Å². The molecule has 2 amide bonds. The van der Waals surface area contributed by atoms with Crippen molar-refractivity contribution < 1.29 is 14.5 Å². The number of nitrogens with one attached hydrogen (secondary N) is 2. The quantitative estimate of drug-likeness (QED) is 0.477. The van der Waals surface area contributed by atoms with Crippen molar-refractivity contribution >= 4 is 34.5 Å². The normalized spacial score (nSPS) is 15.4. The van der Waals surface area contributed by atoms with Crippen LogP contribution < -0.4 is 10.6 Å². The van der Waals surface area contributed by atoms with E-state index in [0.717, 1.165) is 25.7 Å². The standard InChI is InChI=1S/C18H19N3O4S/c22-16(17(23)20-13-5-3-6-14(11-13)21(24)25)19-12-18(8-1-2-9-18)15-7-4-10-26-15/h3-7,10-11H,1-2,8-9,12H2,(H,19,22)(H,20,23). The number of non-ortho nitro benzene ring substituents is 1. The second-order valence-corrected chi connectivity index (χ2v) is 7.36. The molecule has 0 spiro atoms. The second kappa shape index (κ2) is 7.65. The summed E-state index contributed by atoms with van der Waals surface area (Å²) in [5.74, 6) is -1.57. The van der Waals surface area contributed by atoms with Gasteiger partial charge in [-0.2, -0.15) is 0 Å². The van der Waals surface area contributed by atoms with Crippen molar-refractivity contribution in [2.24, 2.45) is 0 Å². The third-order valence-corrected chi connectivity index (χ3v) is 5.83. The summed E-state index contributed by atoms with van der Waals surface area (Å²) in [4.78, 5) is 35.7. The Labute approximate surface area is 154 Å². The Balaban J connectivity index is 1.62. The number of rotatable bonds is 5. The van der Waals surface area contributed by atoms with Crippen LogP contribution in [0.3, 0.4) is 0 Å². The van der Waals surface area contributed by atoms with Crippen LogP contribution in [0.2, 0.25) is 0 Å². The highest BCUT2D eigenvalue weighted by Gasteiger charge is 2.37. The van der Waals surface area contributed by atoms with E-state index in [1.165, 1.54) is 29.1 Å². The van der Waals surface area contributed by atoms with Gasteiger partial charge >= 0.3 is 11.8 Å². The minimum absolute atomic E-state index is 0.102. The topological polar surface area (TPSA) is 101 Å². The smallest absolute Gasteiger partial charge is 0.313 e. The lowest BCUT2D eigenvalue weighted by Crippen LogP contribution is -2.43. The maximum absolute atomic E-state index is 12.2. The highest BCUT2D eigenvalue weighted by Crippen LogP contribution is 2.42. The number of nitro groups is 1. The Morgan fingerprint density at radius 2 is 1.92 bits per heavy atom. The molecule has 0 aliphatic heterocycles. The van der Waals surface area contributed by atoms with Crippen molar-refractivity contribution in [2.75, 3.05) is 11.9 Å². The fourth-order valence-electron chi connectivity index (χ4n) is 3.36. The van der Waals surface area contributed by atoms with Crippen molar-refractivity contribution in [3.05, 3.63) is 56.8 Å². The van der Waals surface area contributed by atoms with Crippen molar-refractivity contribution in [1.29, 1.82) is 0 Å². The molecule has 2 aromatic rings. The third kappa shape index (κ3) is 3.91. The van der Waals surface area contributed by atoms with E-state index in [0.29, 0.717) is 6.54 Å². The van der Waals surface area contributed by atoms with Crippen molar-refractivity contribution in [1.82, 2.24) is 5.32 Å². The highest BCUT2D eigenvalue weighted by atomic mass is 32.1. The van der Waals surface area contributed by atoms with Crippen LogP contribution in [0.25, 0.3) is 0 Å². The minimum atomic E-state index is -0.829. The molecule has 0 bridgehead atoms. The predicted octanol–water partition coefficient (Wildman–Crippen LogP) is 3.22. The molecule has 1 saturated carbocycles. The average molecular weight is 373 g/mol. The second-order valence-electron chi connectivity index (χ2n) is 6.41. The average Bonchev–Trinajstić information content (AvgIpc) is 3.32. The number of anilines is 1. The number of nitrogens with zero attached hydrogens (tertiary/aromatic N) is 1. The Morgan fingerprint density at radius 3 is 2.58 bits per heavy atom. The van der Waals surface area contributed by atoms with E-state index < -0.39 is 16.7 Å². The molecule has 1 heterocycles. The molecule has 1 aromatic heterocycles. The van der Waals surface area contributed by atoms with Crippen molar-refractivity contribution in [3.8, 4) is 0 Å². The lowest BCUT2D eigenvalue weighted by atomic mass is 9.84. The maximum atomic E-state index is 12.2. The van der Waals surface area contributed by atoms with E-state index in [1.54, 1.807) is 11.3 Å². The Hall–Kier alpha value is -2.74. The molecular weight excluding hydrogens is 354 g/mol. The summed E-state index contributed by atoms with van der Waals surface area (Å²) in [6, 6.07) is 9.57. The van der Waals surface area contributed by atoms with E-state index in [1.807, 2.05) is 11.4 Å². The largest absolute Gasteiger partial charge is 0.347 e. The predicted molar refractivity (Wildman–Crippen MR) is 99.2 cm³/mol. The van der Waals surface area contributed by atoms with E-state index in [-0.39, 0.29) is 16.8 Å². The van der Waals surface area contributed by atoms with Gasteiger partial charge in [0.15, 0.2) is 0 Å². The summed E-state index contributed by atoms with van der Waals surface area (Å²) >= 11 is 1.67. The van der Waals surface area contributed by atoms with Gasteiger partial charge in [0.2, 0.25) is 0 Å². The van der Waals surface area contributed by atoms with Crippen molar-refractivity contribution in [3.63, 3.8) is 0 Å². The zero-order valence-corrected chi connectivity index (χ0v) is 14.9. The molecule has 1 aromatic carbocycles. The fraction of sp³-hybridized carbons (Fsp3) is 0.333. The van der Waals surface area contributed by atoms with Gasteiger partial charge in [-0.3, -0.25) is 19.7 Å². The van der Waals surface area contributed by atoms with Crippen LogP contribution in [0.15, 0.2) is 41.8 Å². The lowest BCUT2D eigenvalue weighted by molar-refractivity contribution is -0.384. The first-order chi connectivity index (χ1) is 12.5. The Kier molecular flexibility index (Phi) is 5.32. The number of hydrogen-bond acceptors (Lipinski definition) is 5. The molecule has 0 radical (unpaired) electrons. The number of benzene rings is 1. The summed E-state index contributed by atoms with van der Waals surface area (Å²) in [6.07, 6.45) is 4.18. The summed E-state index contributed by atoms with van der Waals surface area (Å²) < 4.78 is 0. The summed E-state index contributed by atoms with van der Waals surface area (Å²) in [6.45, 7) is 0.411. The van der Waals surface area contributed by atoms with Gasteiger partial charge in [0.1, 0.15) is 0 Å². The van der Waals surface area contributed by atoms with E-state index in [9.17, 15) is 19.7 Å². The molecule has 2 N–H and O–H groups in total. The maximum Gasteiger partial charge on any atom is 0.313 e. The number of amides is 2. The number of thiophene rings is 1. The monoisotopic (exact) mass is 373 g/mol.